The minimum Gasteiger partial charge on any atom is -0.379 e. The number of urea groups is 1. The highest BCUT2D eigenvalue weighted by molar-refractivity contribution is 5.75. The van der Waals surface area contributed by atoms with Crippen molar-refractivity contribution in [2.75, 3.05) is 13.2 Å². The third-order valence-corrected chi connectivity index (χ3v) is 2.40. The maximum atomic E-state index is 11.5. The van der Waals surface area contributed by atoms with Gasteiger partial charge in [-0.25, -0.2) is 4.79 Å². The molecule has 0 radical (unpaired) electrons. The number of hydrogen-bond donors (Lipinski definition) is 2. The average molecular weight is 210 g/mol. The van der Waals surface area contributed by atoms with E-state index in [1.165, 1.54) is 0 Å². The van der Waals surface area contributed by atoms with Gasteiger partial charge >= 0.3 is 6.03 Å². The summed E-state index contributed by atoms with van der Waals surface area (Å²) in [7, 11) is 0. The number of rotatable bonds is 3. The van der Waals surface area contributed by atoms with Gasteiger partial charge in [-0.3, -0.25) is 0 Å². The molecule has 0 aliphatic carbocycles. The molecule has 2 atom stereocenters. The second-order valence-corrected chi connectivity index (χ2v) is 4.07. The zero-order valence-electron chi connectivity index (χ0n) is 9.25. The summed E-state index contributed by atoms with van der Waals surface area (Å²) in [5, 5.41) is 5.58. The van der Waals surface area contributed by atoms with Gasteiger partial charge in [0.15, 0.2) is 0 Å². The maximum Gasteiger partial charge on any atom is 0.316 e. The molecule has 0 spiro atoms. The van der Waals surface area contributed by atoms with Crippen molar-refractivity contribution in [1.29, 1.82) is 0 Å². The molecule has 1 saturated heterocycles. The van der Waals surface area contributed by atoms with Gasteiger partial charge in [0, 0.05) is 6.61 Å². The van der Waals surface area contributed by atoms with Gasteiger partial charge in [-0.2, -0.15) is 0 Å². The first-order valence-electron chi connectivity index (χ1n) is 5.24. The lowest BCUT2D eigenvalue weighted by molar-refractivity contribution is 0.188. The molecule has 0 aromatic rings. The first-order chi connectivity index (χ1) is 7.13. The molecule has 1 rings (SSSR count). The molecule has 0 aromatic heterocycles. The zero-order chi connectivity index (χ0) is 11.3. The van der Waals surface area contributed by atoms with E-state index in [0.29, 0.717) is 13.2 Å². The summed E-state index contributed by atoms with van der Waals surface area (Å²) in [6, 6.07) is -0.301. The molecule has 2 amide bonds. The summed E-state index contributed by atoms with van der Waals surface area (Å²) in [5.74, 6) is 2.79. The molecular weight excluding hydrogens is 192 g/mol. The highest BCUT2D eigenvalue weighted by Gasteiger charge is 2.19. The van der Waals surface area contributed by atoms with Gasteiger partial charge in [-0.15, -0.1) is 6.42 Å². The van der Waals surface area contributed by atoms with E-state index in [4.69, 9.17) is 11.2 Å². The van der Waals surface area contributed by atoms with Crippen molar-refractivity contribution < 1.29 is 9.53 Å². The number of nitrogens with one attached hydrogen (secondary N) is 2. The molecule has 0 saturated carbocycles. The van der Waals surface area contributed by atoms with Crippen molar-refractivity contribution in [3.63, 3.8) is 0 Å². The first kappa shape index (κ1) is 11.9. The molecule has 1 aliphatic heterocycles. The van der Waals surface area contributed by atoms with Crippen molar-refractivity contribution in [3.05, 3.63) is 0 Å². The zero-order valence-corrected chi connectivity index (χ0v) is 9.25. The van der Waals surface area contributed by atoms with Gasteiger partial charge < -0.3 is 15.4 Å². The van der Waals surface area contributed by atoms with Crippen molar-refractivity contribution >= 4 is 6.03 Å². The summed E-state index contributed by atoms with van der Waals surface area (Å²) in [5.41, 5.74) is 0. The van der Waals surface area contributed by atoms with Gasteiger partial charge in [-0.1, -0.05) is 19.8 Å². The van der Waals surface area contributed by atoms with Gasteiger partial charge in [0.05, 0.1) is 18.7 Å². The van der Waals surface area contributed by atoms with Crippen LogP contribution in [-0.4, -0.2) is 31.3 Å². The monoisotopic (exact) mass is 210 g/mol. The number of amides is 2. The van der Waals surface area contributed by atoms with E-state index in [-0.39, 0.29) is 24.0 Å². The number of ether oxygens (including phenoxy) is 1. The highest BCUT2D eigenvalue weighted by Crippen LogP contribution is 2.03. The Bertz CT molecular complexity index is 252. The van der Waals surface area contributed by atoms with Crippen LogP contribution in [0.4, 0.5) is 4.79 Å². The first-order valence-corrected chi connectivity index (χ1v) is 5.24. The van der Waals surface area contributed by atoms with Crippen LogP contribution in [0.3, 0.4) is 0 Å². The average Bonchev–Trinajstić information content (AvgIpc) is 2.66. The third kappa shape index (κ3) is 3.80. The Morgan fingerprint density at radius 1 is 1.60 bits per heavy atom. The Balaban J connectivity index is 2.31. The summed E-state index contributed by atoms with van der Waals surface area (Å²) in [6.07, 6.45) is 6.18. The van der Waals surface area contributed by atoms with Gasteiger partial charge in [-0.05, 0) is 12.3 Å². The predicted molar refractivity (Wildman–Crippen MR) is 58.4 cm³/mol. The van der Waals surface area contributed by atoms with Crippen LogP contribution >= 0.6 is 0 Å². The Morgan fingerprint density at radius 3 is 2.80 bits per heavy atom. The lowest BCUT2D eigenvalue weighted by Gasteiger charge is -2.18. The van der Waals surface area contributed by atoms with Crippen LogP contribution in [0.1, 0.15) is 20.3 Å². The minimum atomic E-state index is -0.215. The van der Waals surface area contributed by atoms with E-state index in [0.717, 1.165) is 6.42 Å². The molecule has 0 aromatic carbocycles. The fourth-order valence-corrected chi connectivity index (χ4v) is 1.42. The van der Waals surface area contributed by atoms with E-state index in [1.54, 1.807) is 0 Å². The van der Waals surface area contributed by atoms with Crippen LogP contribution in [0.15, 0.2) is 0 Å². The van der Waals surface area contributed by atoms with Crippen LogP contribution in [0.2, 0.25) is 0 Å². The van der Waals surface area contributed by atoms with E-state index in [2.05, 4.69) is 16.6 Å². The van der Waals surface area contributed by atoms with Crippen molar-refractivity contribution in [3.8, 4) is 12.3 Å². The molecule has 0 unspecified atom stereocenters. The summed E-state index contributed by atoms with van der Waals surface area (Å²) < 4.78 is 5.15. The molecule has 0 bridgehead atoms. The fourth-order valence-electron chi connectivity index (χ4n) is 1.42. The number of terminal acetylenes is 1. The number of carbonyl (C=O) groups is 1. The second kappa shape index (κ2) is 5.62. The van der Waals surface area contributed by atoms with Crippen LogP contribution in [0.5, 0.6) is 0 Å². The number of carbonyl (C=O) groups excluding carboxylic acids is 1. The molecule has 4 heteroatoms. The molecule has 1 heterocycles. The summed E-state index contributed by atoms with van der Waals surface area (Å²) in [4.78, 5) is 11.5. The smallest absolute Gasteiger partial charge is 0.316 e. The standard InChI is InChI=1S/C11H18N2O2/c1-4-10(8(2)3)13-11(14)12-9-5-6-15-7-9/h1,8-10H,5-7H2,2-3H3,(H2,12,13,14)/t9-,10-/m0/s1. The van der Waals surface area contributed by atoms with Gasteiger partial charge in [0.2, 0.25) is 0 Å². The van der Waals surface area contributed by atoms with Crippen LogP contribution < -0.4 is 10.6 Å². The minimum absolute atomic E-state index is 0.121. The summed E-state index contributed by atoms with van der Waals surface area (Å²) in [6.45, 7) is 5.26. The van der Waals surface area contributed by atoms with Crippen LogP contribution in [0.25, 0.3) is 0 Å². The van der Waals surface area contributed by atoms with E-state index < -0.39 is 0 Å². The Morgan fingerprint density at radius 2 is 2.33 bits per heavy atom. The SMILES string of the molecule is C#C[C@H](NC(=O)N[C@H]1CCOC1)C(C)C. The van der Waals surface area contributed by atoms with Crippen LogP contribution in [-0.2, 0) is 4.74 Å². The van der Waals surface area contributed by atoms with Crippen molar-refractivity contribution in [1.82, 2.24) is 10.6 Å². The highest BCUT2D eigenvalue weighted by atomic mass is 16.5. The summed E-state index contributed by atoms with van der Waals surface area (Å²) >= 11 is 0. The van der Waals surface area contributed by atoms with Gasteiger partial charge in [0.1, 0.15) is 0 Å². The maximum absolute atomic E-state index is 11.5. The quantitative estimate of drug-likeness (QED) is 0.675. The lowest BCUT2D eigenvalue weighted by Crippen LogP contribution is -2.47. The molecular formula is C11H18N2O2. The van der Waals surface area contributed by atoms with Gasteiger partial charge in [0.25, 0.3) is 0 Å². The molecule has 84 valence electrons. The molecule has 1 fully saturated rings. The Hall–Kier alpha value is -1.21. The molecule has 15 heavy (non-hydrogen) atoms. The molecule has 4 nitrogen and oxygen atoms in total. The largest absolute Gasteiger partial charge is 0.379 e. The van der Waals surface area contributed by atoms with Crippen molar-refractivity contribution in [2.24, 2.45) is 5.92 Å². The molecule has 2 N–H and O–H groups in total. The fraction of sp³-hybridized carbons (Fsp3) is 0.727. The number of hydrogen-bond acceptors (Lipinski definition) is 2. The predicted octanol–water partition coefficient (Wildman–Crippen LogP) is 0.732. The van der Waals surface area contributed by atoms with Crippen LogP contribution in [0, 0.1) is 18.3 Å². The normalized spacial score (nSPS) is 22.1. The van der Waals surface area contributed by atoms with E-state index in [1.807, 2.05) is 13.8 Å². The van der Waals surface area contributed by atoms with E-state index in [9.17, 15) is 4.79 Å². The lowest BCUT2D eigenvalue weighted by atomic mass is 10.1. The topological polar surface area (TPSA) is 50.4 Å². The molecule has 1 aliphatic rings. The van der Waals surface area contributed by atoms with Crippen molar-refractivity contribution in [2.45, 2.75) is 32.4 Å². The third-order valence-electron chi connectivity index (χ3n) is 2.40. The Labute approximate surface area is 90.8 Å². The van der Waals surface area contributed by atoms with E-state index >= 15 is 0 Å². The Kier molecular flexibility index (Phi) is 4.44. The second-order valence-electron chi connectivity index (χ2n) is 4.07.